The molecular weight excluding hydrogens is 310 g/mol. The molecule has 0 bridgehead atoms. The van der Waals surface area contributed by atoms with Crippen molar-refractivity contribution in [1.29, 1.82) is 0 Å². The second-order valence-electron chi connectivity index (χ2n) is 8.80. The Labute approximate surface area is 144 Å². The topological polar surface area (TPSA) is 65.1 Å². The van der Waals surface area contributed by atoms with Crippen LogP contribution in [-0.2, 0) is 19.0 Å². The van der Waals surface area contributed by atoms with Gasteiger partial charge in [-0.2, -0.15) is 0 Å². The van der Waals surface area contributed by atoms with Crippen LogP contribution in [0.5, 0.6) is 0 Å². The summed E-state index contributed by atoms with van der Waals surface area (Å²) >= 11 is 0. The summed E-state index contributed by atoms with van der Waals surface area (Å²) in [4.78, 5) is 25.2. The maximum Gasteiger partial charge on any atom is 0.410 e. The van der Waals surface area contributed by atoms with Gasteiger partial charge in [-0.25, -0.2) is 4.79 Å². The lowest BCUT2D eigenvalue weighted by atomic mass is 9.71. The van der Waals surface area contributed by atoms with E-state index in [1.165, 1.54) is 7.11 Å². The number of methoxy groups -OCH3 is 1. The van der Waals surface area contributed by atoms with Crippen molar-refractivity contribution in [3.63, 3.8) is 0 Å². The van der Waals surface area contributed by atoms with Crippen LogP contribution in [0.3, 0.4) is 0 Å². The molecule has 2 aliphatic heterocycles. The Bertz CT molecular complexity index is 488. The van der Waals surface area contributed by atoms with Crippen LogP contribution >= 0.6 is 0 Å². The van der Waals surface area contributed by atoms with Crippen molar-refractivity contribution >= 4 is 12.1 Å². The van der Waals surface area contributed by atoms with E-state index in [1.807, 2.05) is 20.8 Å². The number of carbonyl (C=O) groups excluding carboxylic acids is 2. The third kappa shape index (κ3) is 4.41. The van der Waals surface area contributed by atoms with Gasteiger partial charge in [0.05, 0.1) is 26.8 Å². The van der Waals surface area contributed by atoms with Gasteiger partial charge in [0, 0.05) is 6.42 Å². The molecule has 2 fully saturated rings. The summed E-state index contributed by atoms with van der Waals surface area (Å²) in [6, 6.07) is 0. The lowest BCUT2D eigenvalue weighted by Crippen LogP contribution is -2.63. The van der Waals surface area contributed by atoms with Crippen LogP contribution in [0.25, 0.3) is 0 Å². The molecule has 0 aliphatic carbocycles. The number of hydrogen-bond acceptors (Lipinski definition) is 5. The quantitative estimate of drug-likeness (QED) is 0.736. The fourth-order valence-corrected chi connectivity index (χ4v) is 3.40. The predicted molar refractivity (Wildman–Crippen MR) is 89.6 cm³/mol. The van der Waals surface area contributed by atoms with Crippen LogP contribution in [0.15, 0.2) is 0 Å². The first-order chi connectivity index (χ1) is 11.0. The van der Waals surface area contributed by atoms with E-state index in [2.05, 4.69) is 13.8 Å². The van der Waals surface area contributed by atoms with Crippen LogP contribution < -0.4 is 0 Å². The lowest BCUT2D eigenvalue weighted by molar-refractivity contribution is -0.141. The van der Waals surface area contributed by atoms with E-state index in [9.17, 15) is 9.59 Å². The molecule has 0 saturated carbocycles. The molecule has 138 valence electrons. The normalized spacial score (nSPS) is 23.1. The van der Waals surface area contributed by atoms with E-state index in [0.29, 0.717) is 32.0 Å². The van der Waals surface area contributed by atoms with Gasteiger partial charge in [-0.05, 0) is 44.9 Å². The average Bonchev–Trinajstić information content (AvgIpc) is 2.87. The van der Waals surface area contributed by atoms with Gasteiger partial charge in [0.15, 0.2) is 0 Å². The summed E-state index contributed by atoms with van der Waals surface area (Å²) in [7, 11) is 1.42. The van der Waals surface area contributed by atoms with E-state index < -0.39 is 5.60 Å². The summed E-state index contributed by atoms with van der Waals surface area (Å²) in [5.74, 6) is 0.208. The molecule has 0 radical (unpaired) electrons. The SMILES string of the molecule is COC(=O)CCC(C)(C)C1COC2(C1)CN(C(=O)OC(C)(C)C)C2. The molecular formula is C18H31NO5. The maximum absolute atomic E-state index is 12.1. The minimum Gasteiger partial charge on any atom is -0.469 e. The van der Waals surface area contributed by atoms with Crippen molar-refractivity contribution in [2.75, 3.05) is 26.8 Å². The van der Waals surface area contributed by atoms with E-state index >= 15 is 0 Å². The first-order valence-corrected chi connectivity index (χ1v) is 8.65. The molecule has 2 saturated heterocycles. The molecule has 0 N–H and O–H groups in total. The number of esters is 1. The Morgan fingerprint density at radius 2 is 1.83 bits per heavy atom. The smallest absolute Gasteiger partial charge is 0.410 e. The number of ether oxygens (including phenoxy) is 3. The van der Waals surface area contributed by atoms with Gasteiger partial charge in [0.2, 0.25) is 0 Å². The highest BCUT2D eigenvalue weighted by atomic mass is 16.6. The molecule has 0 aromatic carbocycles. The molecule has 2 aliphatic rings. The van der Waals surface area contributed by atoms with Crippen molar-refractivity contribution in [3.8, 4) is 0 Å². The Morgan fingerprint density at radius 3 is 2.38 bits per heavy atom. The molecule has 1 unspecified atom stereocenters. The number of amides is 1. The van der Waals surface area contributed by atoms with Gasteiger partial charge in [0.25, 0.3) is 0 Å². The maximum atomic E-state index is 12.1. The number of rotatable bonds is 4. The zero-order valence-electron chi connectivity index (χ0n) is 15.8. The average molecular weight is 341 g/mol. The van der Waals surface area contributed by atoms with Crippen molar-refractivity contribution in [2.45, 2.75) is 65.1 Å². The Balaban J connectivity index is 1.83. The number of carbonyl (C=O) groups is 2. The second-order valence-corrected chi connectivity index (χ2v) is 8.80. The lowest BCUT2D eigenvalue weighted by Gasteiger charge is -2.47. The second kappa shape index (κ2) is 6.54. The summed E-state index contributed by atoms with van der Waals surface area (Å²) in [6.45, 7) is 11.8. The van der Waals surface area contributed by atoms with Gasteiger partial charge >= 0.3 is 12.1 Å². The Hall–Kier alpha value is -1.30. The standard InChI is InChI=1S/C18H31NO5/c1-16(2,3)24-15(21)19-11-18(12-19)9-13(10-23-18)17(4,5)8-7-14(20)22-6/h13H,7-12H2,1-6H3. The molecule has 24 heavy (non-hydrogen) atoms. The Morgan fingerprint density at radius 1 is 1.21 bits per heavy atom. The summed E-state index contributed by atoms with van der Waals surface area (Å²) in [5, 5.41) is 0. The van der Waals surface area contributed by atoms with Gasteiger partial charge in [-0.1, -0.05) is 13.8 Å². The monoisotopic (exact) mass is 341 g/mol. The van der Waals surface area contributed by atoms with Crippen LogP contribution in [0.4, 0.5) is 4.79 Å². The van der Waals surface area contributed by atoms with Gasteiger partial charge in [-0.3, -0.25) is 4.79 Å². The number of nitrogens with zero attached hydrogens (tertiary/aromatic N) is 1. The number of hydrogen-bond donors (Lipinski definition) is 0. The van der Waals surface area contributed by atoms with Gasteiger partial charge in [0.1, 0.15) is 11.2 Å². The largest absolute Gasteiger partial charge is 0.469 e. The highest BCUT2D eigenvalue weighted by Crippen LogP contribution is 2.46. The van der Waals surface area contributed by atoms with Crippen LogP contribution in [-0.4, -0.2) is 55.0 Å². The molecule has 1 spiro atoms. The Kier molecular flexibility index (Phi) is 5.19. The third-order valence-corrected chi connectivity index (χ3v) is 5.13. The fraction of sp³-hybridized carbons (Fsp3) is 0.889. The summed E-state index contributed by atoms with van der Waals surface area (Å²) < 4.78 is 16.2. The predicted octanol–water partition coefficient (Wildman–Crippen LogP) is 2.99. The molecule has 0 aromatic heterocycles. The fourth-order valence-electron chi connectivity index (χ4n) is 3.40. The van der Waals surface area contributed by atoms with Crippen molar-refractivity contribution in [1.82, 2.24) is 4.90 Å². The zero-order valence-corrected chi connectivity index (χ0v) is 15.8. The van der Waals surface area contributed by atoms with E-state index in [4.69, 9.17) is 14.2 Å². The molecule has 0 aromatic rings. The van der Waals surface area contributed by atoms with Crippen LogP contribution in [0, 0.1) is 11.3 Å². The minimum absolute atomic E-state index is 0.00400. The van der Waals surface area contributed by atoms with E-state index in [1.54, 1.807) is 4.90 Å². The highest BCUT2D eigenvalue weighted by molar-refractivity contribution is 5.70. The molecule has 6 nitrogen and oxygen atoms in total. The minimum atomic E-state index is -0.477. The zero-order chi connectivity index (χ0) is 18.2. The third-order valence-electron chi connectivity index (χ3n) is 5.13. The molecule has 2 rings (SSSR count). The first-order valence-electron chi connectivity index (χ1n) is 8.65. The first kappa shape index (κ1) is 19.0. The van der Waals surface area contributed by atoms with Crippen molar-refractivity contribution in [2.24, 2.45) is 11.3 Å². The molecule has 2 heterocycles. The summed E-state index contributed by atoms with van der Waals surface area (Å²) in [6.07, 6.45) is 1.85. The van der Waals surface area contributed by atoms with Crippen LogP contribution in [0.1, 0.15) is 53.9 Å². The molecule has 1 atom stereocenters. The summed E-state index contributed by atoms with van der Waals surface area (Å²) in [5.41, 5.74) is -0.705. The molecule has 6 heteroatoms. The van der Waals surface area contributed by atoms with Gasteiger partial charge < -0.3 is 19.1 Å². The van der Waals surface area contributed by atoms with Crippen molar-refractivity contribution < 1.29 is 23.8 Å². The van der Waals surface area contributed by atoms with E-state index in [0.717, 1.165) is 12.8 Å². The van der Waals surface area contributed by atoms with Crippen LogP contribution in [0.2, 0.25) is 0 Å². The molecule has 1 amide bonds. The van der Waals surface area contributed by atoms with Gasteiger partial charge in [-0.15, -0.1) is 0 Å². The highest BCUT2D eigenvalue weighted by Gasteiger charge is 2.54. The van der Waals surface area contributed by atoms with E-state index in [-0.39, 0.29) is 23.1 Å². The number of likely N-dealkylation sites (tertiary alicyclic amines) is 1. The van der Waals surface area contributed by atoms with Crippen molar-refractivity contribution in [3.05, 3.63) is 0 Å².